The average Bonchev–Trinajstić information content (AvgIpc) is 2.41. The molecule has 1 aliphatic rings. The van der Waals surface area contributed by atoms with Gasteiger partial charge in [-0.15, -0.1) is 0 Å². The molecule has 0 atom stereocenters. The molecule has 1 heterocycles. The Morgan fingerprint density at radius 3 is 2.29 bits per heavy atom. The van der Waals surface area contributed by atoms with E-state index in [-0.39, 0.29) is 18.0 Å². The number of hydrogen-bond donors (Lipinski definition) is 1. The van der Waals surface area contributed by atoms with Gasteiger partial charge in [0.25, 0.3) is 10.1 Å². The minimum atomic E-state index is -3.95. The summed E-state index contributed by atoms with van der Waals surface area (Å²) in [5.41, 5.74) is -1.09. The maximum Gasteiger partial charge on any atom is 0.410 e. The molecule has 1 aliphatic heterocycles. The SMILES string of the molecule is Cc1ccc(S(=O)(=O)OCC2(O)CN(C(=O)OC(C)(C)C)C2)cc1. The molecule has 134 valence electrons. The molecule has 0 aromatic heterocycles. The molecule has 1 fully saturated rings. The molecule has 2 rings (SSSR count). The summed E-state index contributed by atoms with van der Waals surface area (Å²) in [4.78, 5) is 13.1. The van der Waals surface area contributed by atoms with Gasteiger partial charge in [0.05, 0.1) is 24.6 Å². The number of hydrogen-bond acceptors (Lipinski definition) is 6. The van der Waals surface area contributed by atoms with Crippen LogP contribution in [0.25, 0.3) is 0 Å². The highest BCUT2D eigenvalue weighted by molar-refractivity contribution is 7.86. The molecular weight excluding hydrogens is 334 g/mol. The van der Waals surface area contributed by atoms with Gasteiger partial charge in [-0.3, -0.25) is 4.18 Å². The van der Waals surface area contributed by atoms with E-state index in [2.05, 4.69) is 0 Å². The molecule has 1 N–H and O–H groups in total. The van der Waals surface area contributed by atoms with E-state index in [1.54, 1.807) is 32.9 Å². The monoisotopic (exact) mass is 357 g/mol. The normalized spacial score (nSPS) is 17.3. The van der Waals surface area contributed by atoms with Crippen LogP contribution >= 0.6 is 0 Å². The van der Waals surface area contributed by atoms with E-state index in [1.165, 1.54) is 17.0 Å². The van der Waals surface area contributed by atoms with E-state index < -0.39 is 34.0 Å². The number of carbonyl (C=O) groups is 1. The largest absolute Gasteiger partial charge is 0.444 e. The Labute approximate surface area is 142 Å². The Bertz CT molecular complexity index is 699. The third kappa shape index (κ3) is 4.68. The number of carbonyl (C=O) groups excluding carboxylic acids is 1. The minimum absolute atomic E-state index is 0.0278. The zero-order valence-electron chi connectivity index (χ0n) is 14.3. The van der Waals surface area contributed by atoms with Crippen LogP contribution in [0, 0.1) is 6.92 Å². The highest BCUT2D eigenvalue weighted by Gasteiger charge is 2.46. The number of rotatable bonds is 4. The zero-order chi connectivity index (χ0) is 18.2. The summed E-state index contributed by atoms with van der Waals surface area (Å²) in [7, 11) is -3.95. The van der Waals surface area contributed by atoms with Crippen LogP contribution in [0.1, 0.15) is 26.3 Å². The number of ether oxygens (including phenoxy) is 1. The maximum absolute atomic E-state index is 12.1. The molecule has 0 radical (unpaired) electrons. The summed E-state index contributed by atoms with van der Waals surface area (Å²) in [5, 5.41) is 10.2. The molecule has 24 heavy (non-hydrogen) atoms. The number of nitrogens with zero attached hydrogens (tertiary/aromatic N) is 1. The van der Waals surface area contributed by atoms with Gasteiger partial charge in [0.1, 0.15) is 11.2 Å². The maximum atomic E-state index is 12.1. The second-order valence-electron chi connectivity index (χ2n) is 7.09. The van der Waals surface area contributed by atoms with Crippen molar-refractivity contribution in [2.45, 2.75) is 43.8 Å². The van der Waals surface area contributed by atoms with Gasteiger partial charge in [0.15, 0.2) is 0 Å². The lowest BCUT2D eigenvalue weighted by molar-refractivity contribution is -0.116. The van der Waals surface area contributed by atoms with Gasteiger partial charge in [0, 0.05) is 0 Å². The van der Waals surface area contributed by atoms with E-state index >= 15 is 0 Å². The van der Waals surface area contributed by atoms with Crippen molar-refractivity contribution in [3.05, 3.63) is 29.8 Å². The lowest BCUT2D eigenvalue weighted by Crippen LogP contribution is -2.66. The quantitative estimate of drug-likeness (QED) is 0.824. The molecule has 1 amide bonds. The summed E-state index contributed by atoms with van der Waals surface area (Å²) >= 11 is 0. The Kier molecular flexibility index (Phi) is 4.94. The first kappa shape index (κ1) is 18.7. The standard InChI is InChI=1S/C16H23NO6S/c1-12-5-7-13(8-6-12)24(20,21)22-11-16(19)9-17(10-16)14(18)23-15(2,3)4/h5-8,19H,9-11H2,1-4H3. The van der Waals surface area contributed by atoms with E-state index in [1.807, 2.05) is 6.92 Å². The number of aliphatic hydroxyl groups is 1. The lowest BCUT2D eigenvalue weighted by Gasteiger charge is -2.45. The van der Waals surface area contributed by atoms with Gasteiger partial charge in [-0.25, -0.2) is 4.79 Å². The number of β-amino-alcohol motifs (C(OH)–C–C–N with tert-alkyl or cyclic N) is 1. The fraction of sp³-hybridized carbons (Fsp3) is 0.562. The van der Waals surface area contributed by atoms with Gasteiger partial charge < -0.3 is 14.7 Å². The van der Waals surface area contributed by atoms with Crippen molar-refractivity contribution in [1.29, 1.82) is 0 Å². The van der Waals surface area contributed by atoms with Crippen LogP contribution in [0.3, 0.4) is 0 Å². The molecule has 7 nitrogen and oxygen atoms in total. The van der Waals surface area contributed by atoms with E-state index in [9.17, 15) is 18.3 Å². The van der Waals surface area contributed by atoms with Gasteiger partial charge in [-0.1, -0.05) is 17.7 Å². The molecule has 0 unspecified atom stereocenters. The fourth-order valence-electron chi connectivity index (χ4n) is 2.17. The molecular formula is C16H23NO6S. The molecule has 0 spiro atoms. The van der Waals surface area contributed by atoms with Gasteiger partial charge in [0.2, 0.25) is 0 Å². The molecule has 0 bridgehead atoms. The van der Waals surface area contributed by atoms with Crippen LogP contribution in [0.5, 0.6) is 0 Å². The first-order chi connectivity index (χ1) is 10.9. The van der Waals surface area contributed by atoms with Crippen molar-refractivity contribution in [1.82, 2.24) is 4.90 Å². The summed E-state index contributed by atoms with van der Waals surface area (Å²) in [6, 6.07) is 6.22. The lowest BCUT2D eigenvalue weighted by atomic mass is 9.96. The third-order valence-electron chi connectivity index (χ3n) is 3.41. The topological polar surface area (TPSA) is 93.1 Å². The Morgan fingerprint density at radius 2 is 1.79 bits per heavy atom. The number of aryl methyl sites for hydroxylation is 1. The molecule has 0 saturated carbocycles. The summed E-state index contributed by atoms with van der Waals surface area (Å²) in [5.74, 6) is 0. The average molecular weight is 357 g/mol. The van der Waals surface area contributed by atoms with Crippen LogP contribution in [0.15, 0.2) is 29.2 Å². The summed E-state index contributed by atoms with van der Waals surface area (Å²) < 4.78 is 34.3. The van der Waals surface area contributed by atoms with Gasteiger partial charge >= 0.3 is 6.09 Å². The molecule has 1 saturated heterocycles. The highest BCUT2D eigenvalue weighted by Crippen LogP contribution is 2.25. The highest BCUT2D eigenvalue weighted by atomic mass is 32.2. The summed E-state index contributed by atoms with van der Waals surface area (Å²) in [6.07, 6.45) is -0.548. The zero-order valence-corrected chi connectivity index (χ0v) is 15.1. The van der Waals surface area contributed by atoms with Gasteiger partial charge in [-0.2, -0.15) is 8.42 Å². The van der Waals surface area contributed by atoms with Crippen LogP contribution in [-0.2, 0) is 19.0 Å². The van der Waals surface area contributed by atoms with Crippen molar-refractivity contribution in [3.63, 3.8) is 0 Å². The van der Waals surface area contributed by atoms with E-state index in [0.717, 1.165) is 5.56 Å². The first-order valence-electron chi connectivity index (χ1n) is 7.57. The number of benzene rings is 1. The number of likely N-dealkylation sites (tertiary alicyclic amines) is 1. The van der Waals surface area contributed by atoms with Crippen LogP contribution < -0.4 is 0 Å². The van der Waals surface area contributed by atoms with E-state index in [0.29, 0.717) is 0 Å². The van der Waals surface area contributed by atoms with Crippen molar-refractivity contribution < 1.29 is 27.2 Å². The Hall–Kier alpha value is -1.64. The second kappa shape index (κ2) is 6.34. The first-order valence-corrected chi connectivity index (χ1v) is 8.98. The van der Waals surface area contributed by atoms with Crippen LogP contribution in [-0.4, -0.2) is 55.4 Å². The van der Waals surface area contributed by atoms with Crippen molar-refractivity contribution >= 4 is 16.2 Å². The van der Waals surface area contributed by atoms with Crippen LogP contribution in [0.2, 0.25) is 0 Å². The smallest absolute Gasteiger partial charge is 0.410 e. The molecule has 1 aromatic rings. The molecule has 8 heteroatoms. The van der Waals surface area contributed by atoms with Crippen molar-refractivity contribution in [2.24, 2.45) is 0 Å². The van der Waals surface area contributed by atoms with Gasteiger partial charge in [-0.05, 0) is 39.8 Å². The molecule has 0 aliphatic carbocycles. The van der Waals surface area contributed by atoms with Crippen molar-refractivity contribution in [2.75, 3.05) is 19.7 Å². The second-order valence-corrected chi connectivity index (χ2v) is 8.71. The summed E-state index contributed by atoms with van der Waals surface area (Å²) in [6.45, 7) is 6.59. The predicted molar refractivity (Wildman–Crippen MR) is 87.1 cm³/mol. The predicted octanol–water partition coefficient (Wildman–Crippen LogP) is 1.68. The van der Waals surface area contributed by atoms with Crippen molar-refractivity contribution in [3.8, 4) is 0 Å². The Balaban J connectivity index is 1.89. The fourth-order valence-corrected chi connectivity index (χ4v) is 3.15. The Morgan fingerprint density at radius 1 is 1.25 bits per heavy atom. The minimum Gasteiger partial charge on any atom is -0.444 e. The van der Waals surface area contributed by atoms with E-state index in [4.69, 9.17) is 8.92 Å². The molecule has 1 aromatic carbocycles. The third-order valence-corrected chi connectivity index (χ3v) is 4.69. The number of amides is 1. The van der Waals surface area contributed by atoms with Crippen LogP contribution in [0.4, 0.5) is 4.79 Å².